The average molecular weight is 166 g/mol. The Balaban J connectivity index is 0.000000845. The van der Waals surface area contributed by atoms with Crippen LogP contribution in [0, 0.1) is 6.92 Å². The van der Waals surface area contributed by atoms with Crippen LogP contribution in [0.15, 0.2) is 29.3 Å². The number of amidine groups is 1. The molecule has 0 radical (unpaired) electrons. The average Bonchev–Trinajstić information content (AvgIpc) is 2.57. The number of aliphatic imine (C=N–C) groups is 1. The van der Waals surface area contributed by atoms with Gasteiger partial charge in [-0.05, 0) is 0 Å². The van der Waals surface area contributed by atoms with Crippen LogP contribution in [0.3, 0.4) is 0 Å². The standard InChI is InChI=1S/C10H11N2.Li/c1-8-4-2-3-5-9(8)10-11-6-7-12-10;/h2-5H,1,6-7H2,(H,11,12);/q-1;+1. The van der Waals surface area contributed by atoms with Crippen molar-refractivity contribution in [3.05, 3.63) is 42.3 Å². The quantitative estimate of drug-likeness (QED) is 0.387. The van der Waals surface area contributed by atoms with Crippen molar-refractivity contribution < 1.29 is 18.9 Å². The van der Waals surface area contributed by atoms with Gasteiger partial charge >= 0.3 is 18.9 Å². The van der Waals surface area contributed by atoms with E-state index < -0.39 is 0 Å². The summed E-state index contributed by atoms with van der Waals surface area (Å²) in [6.07, 6.45) is 0. The van der Waals surface area contributed by atoms with Gasteiger partial charge in [-0.1, -0.05) is 11.6 Å². The van der Waals surface area contributed by atoms with Gasteiger partial charge in [-0.25, -0.2) is 0 Å². The minimum Gasteiger partial charge on any atom is -0.378 e. The molecule has 0 bridgehead atoms. The molecule has 1 N–H and O–H groups in total. The Kier molecular flexibility index (Phi) is 3.47. The summed E-state index contributed by atoms with van der Waals surface area (Å²) >= 11 is 0. The predicted octanol–water partition coefficient (Wildman–Crippen LogP) is -1.78. The topological polar surface area (TPSA) is 24.4 Å². The molecule has 1 aromatic rings. The van der Waals surface area contributed by atoms with Crippen LogP contribution in [-0.4, -0.2) is 18.9 Å². The number of rotatable bonds is 1. The van der Waals surface area contributed by atoms with Gasteiger partial charge in [-0.3, -0.25) is 4.99 Å². The molecule has 1 aromatic carbocycles. The molecule has 13 heavy (non-hydrogen) atoms. The fourth-order valence-electron chi connectivity index (χ4n) is 1.33. The van der Waals surface area contributed by atoms with Gasteiger partial charge in [0.15, 0.2) is 0 Å². The zero-order chi connectivity index (χ0) is 8.39. The van der Waals surface area contributed by atoms with Gasteiger partial charge in [0, 0.05) is 6.54 Å². The Morgan fingerprint density at radius 1 is 1.31 bits per heavy atom. The van der Waals surface area contributed by atoms with Gasteiger partial charge in [0.25, 0.3) is 0 Å². The summed E-state index contributed by atoms with van der Waals surface area (Å²) in [6, 6.07) is 8.03. The summed E-state index contributed by atoms with van der Waals surface area (Å²) in [5.41, 5.74) is 2.15. The smallest absolute Gasteiger partial charge is 0.378 e. The van der Waals surface area contributed by atoms with Crippen LogP contribution in [0.25, 0.3) is 0 Å². The first kappa shape index (κ1) is 10.2. The molecule has 0 spiro atoms. The third-order valence-corrected chi connectivity index (χ3v) is 1.95. The van der Waals surface area contributed by atoms with Crippen LogP contribution in [0.1, 0.15) is 11.1 Å². The van der Waals surface area contributed by atoms with E-state index in [1.54, 1.807) is 0 Å². The van der Waals surface area contributed by atoms with Gasteiger partial charge in [-0.15, -0.1) is 12.1 Å². The normalized spacial score (nSPS) is 14.3. The first-order valence-electron chi connectivity index (χ1n) is 4.07. The number of hydrogen-bond donors (Lipinski definition) is 1. The molecule has 0 unspecified atom stereocenters. The molecule has 0 aliphatic carbocycles. The minimum absolute atomic E-state index is 0. The van der Waals surface area contributed by atoms with Gasteiger partial charge in [0.2, 0.25) is 0 Å². The van der Waals surface area contributed by atoms with Crippen molar-refractivity contribution in [3.63, 3.8) is 0 Å². The van der Waals surface area contributed by atoms with Gasteiger partial charge in [0.1, 0.15) is 0 Å². The molecule has 0 saturated heterocycles. The third kappa shape index (κ3) is 2.09. The van der Waals surface area contributed by atoms with Crippen molar-refractivity contribution in [2.24, 2.45) is 4.99 Å². The van der Waals surface area contributed by atoms with Crippen molar-refractivity contribution >= 4 is 5.84 Å². The van der Waals surface area contributed by atoms with Crippen molar-refractivity contribution in [1.82, 2.24) is 5.32 Å². The molecule has 0 fully saturated rings. The number of nitrogens with one attached hydrogen (secondary N) is 1. The van der Waals surface area contributed by atoms with Gasteiger partial charge < -0.3 is 5.32 Å². The fraction of sp³-hybridized carbons (Fsp3) is 0.200. The molecule has 0 amide bonds. The van der Waals surface area contributed by atoms with Crippen molar-refractivity contribution in [3.8, 4) is 0 Å². The van der Waals surface area contributed by atoms with Crippen molar-refractivity contribution in [2.45, 2.75) is 0 Å². The Labute approximate surface area is 90.6 Å². The molecule has 2 rings (SSSR count). The van der Waals surface area contributed by atoms with Crippen LogP contribution in [0.2, 0.25) is 0 Å². The van der Waals surface area contributed by atoms with E-state index >= 15 is 0 Å². The molecule has 3 heteroatoms. The monoisotopic (exact) mass is 166 g/mol. The SMILES string of the molecule is [CH2-]c1ccccc1C1=NCCN1.[Li+]. The fourth-order valence-corrected chi connectivity index (χ4v) is 1.33. The molecule has 1 heterocycles. The summed E-state index contributed by atoms with van der Waals surface area (Å²) in [5, 5.41) is 3.22. The molecule has 62 valence electrons. The van der Waals surface area contributed by atoms with Gasteiger partial charge in [-0.2, -0.15) is 18.6 Å². The minimum atomic E-state index is 0. The van der Waals surface area contributed by atoms with Gasteiger partial charge in [0.05, 0.1) is 12.4 Å². The maximum Gasteiger partial charge on any atom is 1.00 e. The van der Waals surface area contributed by atoms with Crippen LogP contribution in [-0.2, 0) is 0 Å². The molecule has 0 saturated carbocycles. The largest absolute Gasteiger partial charge is 1.00 e. The Morgan fingerprint density at radius 2 is 2.08 bits per heavy atom. The summed E-state index contributed by atoms with van der Waals surface area (Å²) in [6.45, 7) is 5.77. The van der Waals surface area contributed by atoms with Crippen molar-refractivity contribution in [1.29, 1.82) is 0 Å². The van der Waals surface area contributed by atoms with E-state index in [1.807, 2.05) is 24.3 Å². The molecule has 2 nitrogen and oxygen atoms in total. The van der Waals surface area contributed by atoms with E-state index in [2.05, 4.69) is 17.2 Å². The second-order valence-electron chi connectivity index (χ2n) is 2.81. The molecule has 1 aliphatic heterocycles. The first-order valence-corrected chi connectivity index (χ1v) is 4.07. The van der Waals surface area contributed by atoms with E-state index in [0.717, 1.165) is 30.1 Å². The summed E-state index contributed by atoms with van der Waals surface area (Å²) in [4.78, 5) is 4.33. The predicted molar refractivity (Wildman–Crippen MR) is 50.3 cm³/mol. The van der Waals surface area contributed by atoms with Crippen LogP contribution < -0.4 is 24.2 Å². The van der Waals surface area contributed by atoms with E-state index in [4.69, 9.17) is 0 Å². The molecular formula is C10H11LiN2. The maximum absolute atomic E-state index is 4.33. The number of hydrogen-bond acceptors (Lipinski definition) is 2. The molecular weight excluding hydrogens is 155 g/mol. The van der Waals surface area contributed by atoms with Crippen LogP contribution >= 0.6 is 0 Å². The molecule has 1 aliphatic rings. The Bertz CT molecular complexity index is 320. The van der Waals surface area contributed by atoms with E-state index in [9.17, 15) is 0 Å². The molecule has 0 aromatic heterocycles. The van der Waals surface area contributed by atoms with E-state index in [-0.39, 0.29) is 18.9 Å². The van der Waals surface area contributed by atoms with Crippen LogP contribution in [0.4, 0.5) is 0 Å². The number of nitrogens with zero attached hydrogens (tertiary/aromatic N) is 1. The second kappa shape index (κ2) is 4.41. The summed E-state index contributed by atoms with van der Waals surface area (Å²) < 4.78 is 0. The van der Waals surface area contributed by atoms with Crippen LogP contribution in [0.5, 0.6) is 0 Å². The maximum atomic E-state index is 4.33. The Morgan fingerprint density at radius 3 is 2.69 bits per heavy atom. The zero-order valence-corrected chi connectivity index (χ0v) is 7.88. The van der Waals surface area contributed by atoms with Crippen molar-refractivity contribution in [2.75, 3.05) is 13.1 Å². The second-order valence-corrected chi connectivity index (χ2v) is 2.81. The van der Waals surface area contributed by atoms with E-state index in [0.29, 0.717) is 0 Å². The molecule has 0 atom stereocenters. The Hall–Kier alpha value is -0.843. The number of benzene rings is 1. The third-order valence-electron chi connectivity index (χ3n) is 1.95. The summed E-state index contributed by atoms with van der Waals surface area (Å²) in [7, 11) is 0. The zero-order valence-electron chi connectivity index (χ0n) is 7.88. The first-order chi connectivity index (χ1) is 5.88. The summed E-state index contributed by atoms with van der Waals surface area (Å²) in [5.74, 6) is 0.987. The van der Waals surface area contributed by atoms with E-state index in [1.165, 1.54) is 0 Å².